The molecule has 6 aromatic rings. The van der Waals surface area contributed by atoms with E-state index in [1.807, 2.05) is 133 Å². The molecule has 6 rings (SSSR count). The minimum absolute atomic E-state index is 0. The molecular formula is C103H168Cl3FN6O19S6. The van der Waals surface area contributed by atoms with Gasteiger partial charge in [0, 0.05) is 27.2 Å². The molecule has 6 aromatic carbocycles. The molecule has 12 N–H and O–H groups in total. The number of nitrogens with one attached hydrogen (secondary N) is 6. The van der Waals surface area contributed by atoms with Gasteiger partial charge in [0.2, 0.25) is 0 Å². The van der Waals surface area contributed by atoms with E-state index in [1.54, 1.807) is 19.2 Å². The number of allylic oxidation sites excluding steroid dienone is 6. The van der Waals surface area contributed by atoms with Crippen LogP contribution in [0.4, 0.5) is 4.39 Å². The summed E-state index contributed by atoms with van der Waals surface area (Å²) in [6.07, 6.45) is 28.9. The molecule has 0 aliphatic carbocycles. The highest BCUT2D eigenvalue weighted by Gasteiger charge is 2.20. The van der Waals surface area contributed by atoms with E-state index in [1.165, 1.54) is 12.1 Å². The molecule has 0 radical (unpaired) electrons. The fourth-order valence-electron chi connectivity index (χ4n) is 11.6. The monoisotopic (exact) mass is 2110 g/mol. The van der Waals surface area contributed by atoms with Crippen molar-refractivity contribution in [2.45, 2.75) is 242 Å². The van der Waals surface area contributed by atoms with Crippen LogP contribution in [-0.2, 0) is 73.6 Å². The predicted octanol–water partition coefficient (Wildman–Crippen LogP) is 23.6. The average Bonchev–Trinajstić information content (AvgIpc) is 0.873. The zero-order valence-electron chi connectivity index (χ0n) is 81.4. The first-order valence-electron chi connectivity index (χ1n) is 44.5. The lowest BCUT2D eigenvalue weighted by Gasteiger charge is -2.19. The molecule has 0 aliphatic heterocycles. The van der Waals surface area contributed by atoms with Crippen LogP contribution in [-0.4, -0.2) is 171 Å². The van der Waals surface area contributed by atoms with Crippen LogP contribution in [0.5, 0.6) is 5.75 Å². The number of rotatable bonds is 45. The molecule has 0 fully saturated rings. The van der Waals surface area contributed by atoms with Gasteiger partial charge in [0.15, 0.2) is 0 Å². The van der Waals surface area contributed by atoms with Gasteiger partial charge >= 0.3 is 0 Å². The Hall–Kier alpha value is -6.42. The fourth-order valence-corrected chi connectivity index (χ4v) is 15.1. The van der Waals surface area contributed by atoms with Crippen LogP contribution in [0.1, 0.15) is 250 Å². The van der Waals surface area contributed by atoms with Crippen LogP contribution in [0.3, 0.4) is 0 Å². The van der Waals surface area contributed by atoms with Gasteiger partial charge in [-0.2, -0.15) is 50.5 Å². The van der Waals surface area contributed by atoms with Crippen molar-refractivity contribution in [3.63, 3.8) is 0 Å². The molecule has 0 saturated heterocycles. The highest BCUT2D eigenvalue weighted by molar-refractivity contribution is 7.87. The molecule has 35 heteroatoms. The Kier molecular flexibility index (Phi) is 67.2. The standard InChI is InChI=1S/2C17H26ClNO3S.C17H27NO4S.C16H24ClNO3S.C16H24FNO3S.C16H25NO3S.4CH4/c2*1-17(2,3)10-9-16(19-11-4-12-23(20,21)22)13-14-5-7-15(18)8-6-14;1-17(2,3)11-10-16(18-12-5-13-23(19,20)21)14-6-8-15(22-4)9-7-14;2*1-16(2,3)10-9-15(13-5-7-14(17)8-6-13)18-11-4-12-22(19,20)21;1-16(2,3)11-10-15(14-8-5-4-6-9-14)17-12-7-13-21(18,19)20;;;;/h2*5-10,16,19H,4,11-13H2,1-3H3,(H,20,21,22);6-11,16,18H,5,12-13H2,1-4H3,(H,19,20,21);2*5-10,15,18H,4,11-12H2,1-3H3,(H,19,20,21);4-6,8-11,15,17H,7,12-13H2,1-3H3,(H,18,19,20);4*1H4/b2*10-9+;11-10+;2*10-9+;11-10+;;;;/t3*16-;3*15-;;;;/m100001..../s1. The number of ether oxygens (including phenoxy) is 1. The summed E-state index contributed by atoms with van der Waals surface area (Å²) in [4.78, 5) is 0. The van der Waals surface area contributed by atoms with E-state index >= 15 is 0 Å². The lowest BCUT2D eigenvalue weighted by atomic mass is 9.94. The first-order chi connectivity index (χ1) is 61.5. The largest absolute Gasteiger partial charge is 0.497 e. The topological polar surface area (TPSA) is 408 Å². The van der Waals surface area contributed by atoms with Crippen molar-refractivity contribution >= 4 is 95.5 Å². The zero-order chi connectivity index (χ0) is 102. The Morgan fingerprint density at radius 1 is 0.290 bits per heavy atom. The normalized spacial score (nSPS) is 13.9. The van der Waals surface area contributed by atoms with E-state index in [-0.39, 0.29) is 139 Å². The Morgan fingerprint density at radius 2 is 0.486 bits per heavy atom. The van der Waals surface area contributed by atoms with Crippen molar-refractivity contribution in [1.82, 2.24) is 31.9 Å². The first-order valence-corrected chi connectivity index (χ1v) is 55.3. The van der Waals surface area contributed by atoms with Crippen molar-refractivity contribution in [3.05, 3.63) is 279 Å². The average molecular weight is 2110 g/mol. The molecule has 0 spiro atoms. The quantitative estimate of drug-likeness (QED) is 0.00959. The first kappa shape index (κ1) is 138. The maximum Gasteiger partial charge on any atom is 0.264 e. The van der Waals surface area contributed by atoms with E-state index in [0.29, 0.717) is 92.9 Å². The predicted molar refractivity (Wildman–Crippen MR) is 579 cm³/mol. The number of benzene rings is 6. The second kappa shape index (κ2) is 67.2. The van der Waals surface area contributed by atoms with Gasteiger partial charge in [0.25, 0.3) is 60.7 Å². The van der Waals surface area contributed by atoms with Crippen LogP contribution in [0.25, 0.3) is 0 Å². The molecule has 0 aliphatic rings. The van der Waals surface area contributed by atoms with Gasteiger partial charge in [-0.25, -0.2) is 4.39 Å². The third kappa shape index (κ3) is 82.1. The van der Waals surface area contributed by atoms with Gasteiger partial charge in [-0.15, -0.1) is 0 Å². The number of methoxy groups -OCH3 is 1. The van der Waals surface area contributed by atoms with E-state index in [9.17, 15) is 54.9 Å². The molecule has 25 nitrogen and oxygen atoms in total. The molecule has 0 bridgehead atoms. The summed E-state index contributed by atoms with van der Waals surface area (Å²) in [5.74, 6) is -0.932. The SMILES string of the molecule is C.C.C.C.CC(C)(C)/C=C/[C@@H](Cc1ccc(Cl)cc1)NCCCS(=O)(=O)O.CC(C)(C)/C=C/[C@@H](NCCCS(=O)(=O)O)c1ccccc1.CC(C)(C)/C=C/[C@H](Cc1ccc(Cl)cc1)NCCCS(=O)(=O)O.CC(C)(C)/C=C/[C@H](NCCCS(=O)(=O)O)c1ccc(Cl)cc1.CC(C)(C)/C=C/[C@H](NCCCS(=O)(=O)O)c1ccc(F)cc1.COc1ccc([C@H](/C=C/C(C)(C)C)NCCCS(=O)(=O)O)cc1. The Labute approximate surface area is 847 Å². The van der Waals surface area contributed by atoms with Crippen LogP contribution in [0.15, 0.2) is 225 Å². The Morgan fingerprint density at radius 3 is 0.703 bits per heavy atom. The van der Waals surface area contributed by atoms with E-state index in [2.05, 4.69) is 223 Å². The van der Waals surface area contributed by atoms with Crippen LogP contribution in [0, 0.1) is 38.3 Å². The minimum atomic E-state index is -3.94. The molecule has 0 aromatic heterocycles. The van der Waals surface area contributed by atoms with Crippen molar-refractivity contribution in [2.75, 3.05) is 80.9 Å². The van der Waals surface area contributed by atoms with Gasteiger partial charge < -0.3 is 36.6 Å². The van der Waals surface area contributed by atoms with Gasteiger partial charge in [0.05, 0.1) is 65.8 Å². The second-order valence-corrected chi connectivity index (χ2v) is 49.7. The number of hydrogen-bond acceptors (Lipinski definition) is 19. The smallest absolute Gasteiger partial charge is 0.264 e. The summed E-state index contributed by atoms with van der Waals surface area (Å²) in [6, 6.07) is 46.9. The minimum Gasteiger partial charge on any atom is -0.497 e. The van der Waals surface area contributed by atoms with Crippen molar-refractivity contribution in [3.8, 4) is 5.75 Å². The van der Waals surface area contributed by atoms with E-state index in [0.717, 1.165) is 52.0 Å². The van der Waals surface area contributed by atoms with Crippen LogP contribution in [0.2, 0.25) is 15.1 Å². The number of halogens is 4. The third-order valence-electron chi connectivity index (χ3n) is 18.4. The summed E-state index contributed by atoms with van der Waals surface area (Å²) < 4.78 is 200. The van der Waals surface area contributed by atoms with E-state index < -0.39 is 60.7 Å². The molecule has 0 amide bonds. The molecule has 138 heavy (non-hydrogen) atoms. The van der Waals surface area contributed by atoms with Crippen LogP contribution >= 0.6 is 34.8 Å². The summed E-state index contributed by atoms with van der Waals surface area (Å²) in [6.45, 7) is 41.0. The lowest BCUT2D eigenvalue weighted by molar-refractivity contribution is 0.414. The summed E-state index contributed by atoms with van der Waals surface area (Å²) in [7, 11) is -21.8. The van der Waals surface area contributed by atoms with Crippen molar-refractivity contribution in [2.24, 2.45) is 32.5 Å². The Balaban J connectivity index is -0.000000776. The number of hydrogen-bond donors (Lipinski definition) is 12. The zero-order valence-corrected chi connectivity index (χ0v) is 88.6. The van der Waals surface area contributed by atoms with Crippen LogP contribution < -0.4 is 36.6 Å². The third-order valence-corrected chi connectivity index (χ3v) is 24.0. The highest BCUT2D eigenvalue weighted by Crippen LogP contribution is 2.28. The molecule has 0 saturated carbocycles. The molecule has 0 heterocycles. The van der Waals surface area contributed by atoms with E-state index in [4.69, 9.17) is 66.9 Å². The summed E-state index contributed by atoms with van der Waals surface area (Å²) in [5.41, 5.74) is 6.82. The van der Waals surface area contributed by atoms with Gasteiger partial charge in [0.1, 0.15) is 11.6 Å². The molecule has 0 unspecified atom stereocenters. The van der Waals surface area contributed by atoms with Gasteiger partial charge in [-0.3, -0.25) is 27.3 Å². The highest BCUT2D eigenvalue weighted by atomic mass is 35.5. The van der Waals surface area contributed by atoms with Crippen molar-refractivity contribution < 1.29 is 87.0 Å². The van der Waals surface area contributed by atoms with Gasteiger partial charge in [-0.1, -0.05) is 353 Å². The lowest BCUT2D eigenvalue weighted by Crippen LogP contribution is -2.31. The summed E-state index contributed by atoms with van der Waals surface area (Å²) in [5, 5.41) is 21.9. The fraction of sp³-hybridized carbons (Fsp3) is 0.534. The molecule has 788 valence electrons. The molecular weight excluding hydrogens is 1940 g/mol. The summed E-state index contributed by atoms with van der Waals surface area (Å²) >= 11 is 17.7. The maximum absolute atomic E-state index is 13.0. The molecule has 6 atom stereocenters. The maximum atomic E-state index is 13.0. The van der Waals surface area contributed by atoms with Crippen molar-refractivity contribution in [1.29, 1.82) is 0 Å². The second-order valence-electron chi connectivity index (χ2n) is 39.0. The Bertz CT molecular complexity index is 5010. The van der Waals surface area contributed by atoms with Gasteiger partial charge in [-0.05, 0) is 217 Å².